The number of nitrogens with zero attached hydrogens (tertiary/aromatic N) is 1. The van der Waals surface area contributed by atoms with E-state index in [2.05, 4.69) is 10.3 Å². The molecule has 5 heteroatoms. The van der Waals surface area contributed by atoms with Crippen LogP contribution in [0.1, 0.15) is 20.3 Å². The van der Waals surface area contributed by atoms with Gasteiger partial charge in [0, 0.05) is 6.42 Å². The highest BCUT2D eigenvalue weighted by molar-refractivity contribution is 5.79. The number of hydrogen-bond donors (Lipinski definition) is 4. The molecule has 0 saturated heterocycles. The molecule has 1 aliphatic rings. The monoisotopic (exact) mass is 159 g/mol. The smallest absolute Gasteiger partial charge is 0.193 e. The summed E-state index contributed by atoms with van der Waals surface area (Å²) in [6.07, 6.45) is 0.126. The van der Waals surface area contributed by atoms with E-state index in [0.29, 0.717) is 0 Å². The highest BCUT2D eigenvalue weighted by Gasteiger charge is 2.36. The van der Waals surface area contributed by atoms with Gasteiger partial charge in [0.25, 0.3) is 0 Å². The lowest BCUT2D eigenvalue weighted by molar-refractivity contribution is -0.0594. The molecule has 0 spiro atoms. The fraction of sp³-hybridized carbons (Fsp3) is 0.833. The zero-order chi connectivity index (χ0) is 8.70. The topological polar surface area (TPSA) is 90.9 Å². The lowest BCUT2D eigenvalue weighted by Gasteiger charge is -2.35. The molecule has 0 aliphatic carbocycles. The second-order valence-corrected chi connectivity index (χ2v) is 3.29. The maximum absolute atomic E-state index is 9.45. The van der Waals surface area contributed by atoms with Crippen molar-refractivity contribution in [1.29, 1.82) is 0 Å². The second kappa shape index (κ2) is 2.09. The van der Waals surface area contributed by atoms with Gasteiger partial charge in [-0.3, -0.25) is 0 Å². The summed E-state index contributed by atoms with van der Waals surface area (Å²) in [4.78, 5) is 3.69. The van der Waals surface area contributed by atoms with E-state index in [1.165, 1.54) is 13.8 Å². The van der Waals surface area contributed by atoms with E-state index < -0.39 is 11.4 Å². The van der Waals surface area contributed by atoms with Gasteiger partial charge in [0.1, 0.15) is 5.72 Å². The van der Waals surface area contributed by atoms with E-state index >= 15 is 0 Å². The summed E-state index contributed by atoms with van der Waals surface area (Å²) >= 11 is 0. The summed E-state index contributed by atoms with van der Waals surface area (Å²) in [6.45, 7) is 3.03. The van der Waals surface area contributed by atoms with Gasteiger partial charge in [0.15, 0.2) is 11.7 Å². The second-order valence-electron chi connectivity index (χ2n) is 3.29. The predicted molar refractivity (Wildman–Crippen MR) is 40.6 cm³/mol. The Bertz CT molecular complexity index is 198. The number of hydrogen-bond acceptors (Lipinski definition) is 5. The van der Waals surface area contributed by atoms with Crippen molar-refractivity contribution in [1.82, 2.24) is 5.32 Å². The van der Waals surface area contributed by atoms with Crippen LogP contribution in [-0.4, -0.2) is 27.6 Å². The van der Waals surface area contributed by atoms with Crippen molar-refractivity contribution in [2.24, 2.45) is 10.7 Å². The molecule has 1 heterocycles. The van der Waals surface area contributed by atoms with Gasteiger partial charge in [-0.05, 0) is 13.8 Å². The Morgan fingerprint density at radius 1 is 1.55 bits per heavy atom. The Labute approximate surface area is 64.9 Å². The first-order chi connectivity index (χ1) is 4.81. The van der Waals surface area contributed by atoms with Crippen LogP contribution in [0, 0.1) is 0 Å². The highest BCUT2D eigenvalue weighted by Crippen LogP contribution is 2.22. The predicted octanol–water partition coefficient (Wildman–Crippen LogP) is -1.29. The average Bonchev–Trinajstić information content (AvgIpc) is 1.49. The van der Waals surface area contributed by atoms with Crippen LogP contribution in [0.15, 0.2) is 4.99 Å². The lowest BCUT2D eigenvalue weighted by Crippen LogP contribution is -2.57. The SMILES string of the molecule is CC1(O)CC(C)(O)NC(N)=N1. The van der Waals surface area contributed by atoms with Crippen LogP contribution in [0.4, 0.5) is 0 Å². The molecule has 0 bridgehead atoms. The molecule has 0 aromatic heterocycles. The molecule has 5 N–H and O–H groups in total. The third-order valence-corrected chi connectivity index (χ3v) is 1.44. The van der Waals surface area contributed by atoms with Gasteiger partial charge in [-0.25, -0.2) is 4.99 Å². The molecule has 2 unspecified atom stereocenters. The van der Waals surface area contributed by atoms with Crippen molar-refractivity contribution in [3.8, 4) is 0 Å². The third kappa shape index (κ3) is 2.06. The van der Waals surface area contributed by atoms with Crippen molar-refractivity contribution < 1.29 is 10.2 Å². The average molecular weight is 159 g/mol. The van der Waals surface area contributed by atoms with E-state index in [0.717, 1.165) is 0 Å². The largest absolute Gasteiger partial charge is 0.371 e. The maximum Gasteiger partial charge on any atom is 0.193 e. The number of guanidine groups is 1. The summed E-state index contributed by atoms with van der Waals surface area (Å²) in [6, 6.07) is 0. The first-order valence-corrected chi connectivity index (χ1v) is 3.39. The van der Waals surface area contributed by atoms with E-state index in [1.807, 2.05) is 0 Å². The summed E-state index contributed by atoms with van der Waals surface area (Å²) in [5, 5.41) is 21.4. The quantitative estimate of drug-likeness (QED) is 0.354. The molecule has 5 nitrogen and oxygen atoms in total. The fourth-order valence-electron chi connectivity index (χ4n) is 1.30. The number of aliphatic hydroxyl groups is 2. The van der Waals surface area contributed by atoms with Gasteiger partial charge in [-0.1, -0.05) is 0 Å². The Morgan fingerprint density at radius 3 is 2.45 bits per heavy atom. The summed E-state index contributed by atoms with van der Waals surface area (Å²) in [5.74, 6) is 0.0613. The zero-order valence-corrected chi connectivity index (χ0v) is 6.63. The molecule has 0 radical (unpaired) electrons. The number of rotatable bonds is 0. The van der Waals surface area contributed by atoms with Crippen LogP contribution in [0.5, 0.6) is 0 Å². The molecule has 0 amide bonds. The van der Waals surface area contributed by atoms with Gasteiger partial charge in [0.2, 0.25) is 0 Å². The fourth-order valence-corrected chi connectivity index (χ4v) is 1.30. The van der Waals surface area contributed by atoms with Gasteiger partial charge < -0.3 is 21.3 Å². The minimum atomic E-state index is -1.27. The molecule has 2 atom stereocenters. The zero-order valence-electron chi connectivity index (χ0n) is 6.63. The third-order valence-electron chi connectivity index (χ3n) is 1.44. The van der Waals surface area contributed by atoms with Crippen molar-refractivity contribution in [2.45, 2.75) is 31.7 Å². The molecule has 1 aliphatic heterocycles. The molecular weight excluding hydrogens is 146 g/mol. The van der Waals surface area contributed by atoms with Crippen LogP contribution >= 0.6 is 0 Å². The van der Waals surface area contributed by atoms with Crippen molar-refractivity contribution in [3.05, 3.63) is 0 Å². The molecule has 0 aromatic rings. The Balaban J connectivity index is 2.86. The van der Waals surface area contributed by atoms with Gasteiger partial charge >= 0.3 is 0 Å². The normalized spacial score (nSPS) is 44.5. The molecule has 0 saturated carbocycles. The van der Waals surface area contributed by atoms with Gasteiger partial charge in [0.05, 0.1) is 0 Å². The van der Waals surface area contributed by atoms with Crippen molar-refractivity contribution in [2.75, 3.05) is 0 Å². The lowest BCUT2D eigenvalue weighted by atomic mass is 10.0. The molecular formula is C6H13N3O2. The van der Waals surface area contributed by atoms with E-state index in [4.69, 9.17) is 5.73 Å². The van der Waals surface area contributed by atoms with Crippen LogP contribution in [-0.2, 0) is 0 Å². The summed E-state index contributed by atoms with van der Waals surface area (Å²) in [7, 11) is 0. The number of nitrogens with two attached hydrogens (primary N) is 1. The summed E-state index contributed by atoms with van der Waals surface area (Å²) in [5.41, 5.74) is 2.87. The van der Waals surface area contributed by atoms with Crippen LogP contribution in [0.25, 0.3) is 0 Å². The van der Waals surface area contributed by atoms with E-state index in [9.17, 15) is 10.2 Å². The molecule has 11 heavy (non-hydrogen) atoms. The van der Waals surface area contributed by atoms with Crippen LogP contribution in [0.2, 0.25) is 0 Å². The van der Waals surface area contributed by atoms with E-state index in [-0.39, 0.29) is 12.4 Å². The Morgan fingerprint density at radius 2 is 2.09 bits per heavy atom. The maximum atomic E-state index is 9.45. The minimum Gasteiger partial charge on any atom is -0.371 e. The first kappa shape index (κ1) is 8.29. The summed E-state index contributed by atoms with van der Waals surface area (Å²) < 4.78 is 0. The molecule has 64 valence electrons. The minimum absolute atomic E-state index is 0.0613. The van der Waals surface area contributed by atoms with Gasteiger partial charge in [-0.15, -0.1) is 0 Å². The first-order valence-electron chi connectivity index (χ1n) is 3.39. The molecule has 0 aromatic carbocycles. The molecule has 0 fully saturated rings. The standard InChI is InChI=1S/C6H13N3O2/c1-5(10)3-6(2,11)9-4(7)8-5/h10-11H,3H2,1-2H3,(H3,7,8,9). The van der Waals surface area contributed by atoms with Crippen LogP contribution in [0.3, 0.4) is 0 Å². The number of aliphatic imine (C=N–C) groups is 1. The Kier molecular flexibility index (Phi) is 1.57. The highest BCUT2D eigenvalue weighted by atomic mass is 16.3. The van der Waals surface area contributed by atoms with Crippen molar-refractivity contribution >= 4 is 5.96 Å². The Hall–Kier alpha value is -0.810. The number of nitrogens with one attached hydrogen (secondary N) is 1. The van der Waals surface area contributed by atoms with E-state index in [1.54, 1.807) is 0 Å². The van der Waals surface area contributed by atoms with Crippen LogP contribution < -0.4 is 11.1 Å². The van der Waals surface area contributed by atoms with Crippen molar-refractivity contribution in [3.63, 3.8) is 0 Å². The molecule has 1 rings (SSSR count). The van der Waals surface area contributed by atoms with Gasteiger partial charge in [-0.2, -0.15) is 0 Å².